The Morgan fingerprint density at radius 1 is 1.05 bits per heavy atom. The maximum atomic E-state index is 13.5. The highest BCUT2D eigenvalue weighted by Gasteiger charge is 2.46. The van der Waals surface area contributed by atoms with E-state index < -0.39 is 14.3 Å². The first-order valence-electron chi connectivity index (χ1n) is 7.26. The Bertz CT molecular complexity index is 465. The van der Waals surface area contributed by atoms with Gasteiger partial charge in [0.15, 0.2) is 0 Å². The van der Waals surface area contributed by atoms with Gasteiger partial charge in [-0.2, -0.15) is 13.2 Å². The summed E-state index contributed by atoms with van der Waals surface area (Å²) in [5, 5.41) is -0.298. The Morgan fingerprint density at radius 3 is 1.86 bits per heavy atom. The summed E-state index contributed by atoms with van der Waals surface area (Å²) in [6, 6.07) is 8.56. The molecule has 0 heterocycles. The molecule has 0 atom stereocenters. The van der Waals surface area contributed by atoms with Crippen LogP contribution in [0, 0.1) is 0 Å². The topological polar surface area (TPSA) is 9.23 Å². The molecule has 0 bridgehead atoms. The van der Waals surface area contributed by atoms with Crippen LogP contribution >= 0.6 is 0 Å². The molecule has 0 aliphatic heterocycles. The van der Waals surface area contributed by atoms with E-state index in [1.165, 1.54) is 13.2 Å². The summed E-state index contributed by atoms with van der Waals surface area (Å²) in [5.41, 5.74) is 0.579. The van der Waals surface area contributed by atoms with Gasteiger partial charge in [0.25, 0.3) is 0 Å². The lowest BCUT2D eigenvalue weighted by molar-refractivity contribution is -0.0850. The zero-order valence-electron chi connectivity index (χ0n) is 13.1. The fourth-order valence-corrected chi connectivity index (χ4v) is 6.44. The number of alkyl halides is 3. The third kappa shape index (κ3) is 4.12. The van der Waals surface area contributed by atoms with Gasteiger partial charge in [0, 0.05) is 5.20 Å². The summed E-state index contributed by atoms with van der Waals surface area (Å²) >= 11 is 0. The summed E-state index contributed by atoms with van der Waals surface area (Å²) in [7, 11) is -0.945. The van der Waals surface area contributed by atoms with Crippen molar-refractivity contribution in [1.29, 1.82) is 0 Å². The molecule has 0 fully saturated rings. The van der Waals surface area contributed by atoms with E-state index in [9.17, 15) is 13.2 Å². The SMILES string of the molecule is CC[Si](CC)(CC)/C(=C/c1ccc(OC)cc1)C(F)(F)F. The van der Waals surface area contributed by atoms with Crippen molar-refractivity contribution in [2.75, 3.05) is 7.11 Å². The highest BCUT2D eigenvalue weighted by Crippen LogP contribution is 2.40. The van der Waals surface area contributed by atoms with Crippen molar-refractivity contribution in [3.05, 3.63) is 35.0 Å². The van der Waals surface area contributed by atoms with Gasteiger partial charge in [-0.3, -0.25) is 0 Å². The fraction of sp³-hybridized carbons (Fsp3) is 0.500. The summed E-state index contributed by atoms with van der Waals surface area (Å²) in [4.78, 5) is 0. The van der Waals surface area contributed by atoms with E-state index in [1.807, 2.05) is 20.8 Å². The minimum absolute atomic E-state index is 0.298. The Hall–Kier alpha value is -1.23. The fourth-order valence-electron chi connectivity index (χ4n) is 2.72. The highest BCUT2D eigenvalue weighted by molar-refractivity contribution is 6.87. The third-order valence-electron chi connectivity index (χ3n) is 4.33. The van der Waals surface area contributed by atoms with Crippen molar-refractivity contribution in [2.24, 2.45) is 0 Å². The monoisotopic (exact) mass is 316 g/mol. The first-order valence-corrected chi connectivity index (χ1v) is 9.88. The van der Waals surface area contributed by atoms with Gasteiger partial charge in [-0.05, 0) is 17.7 Å². The quantitative estimate of drug-likeness (QED) is 0.613. The maximum Gasteiger partial charge on any atom is 0.409 e. The van der Waals surface area contributed by atoms with E-state index in [-0.39, 0.29) is 5.20 Å². The standard InChI is InChI=1S/C16H23F3OSi/c1-5-21(6-2,7-3)15(16(17,18)19)12-13-8-10-14(20-4)11-9-13/h8-12H,5-7H2,1-4H3/b15-12+. The lowest BCUT2D eigenvalue weighted by atomic mass is 10.2. The van der Waals surface area contributed by atoms with Gasteiger partial charge in [-0.1, -0.05) is 57.1 Å². The van der Waals surface area contributed by atoms with Crippen LogP contribution in [-0.2, 0) is 0 Å². The predicted molar refractivity (Wildman–Crippen MR) is 84.2 cm³/mol. The van der Waals surface area contributed by atoms with Crippen molar-refractivity contribution in [3.8, 4) is 5.75 Å². The minimum atomic E-state index is -4.26. The Morgan fingerprint density at radius 2 is 1.52 bits per heavy atom. The number of halogens is 3. The van der Waals surface area contributed by atoms with Crippen LogP contribution in [0.3, 0.4) is 0 Å². The number of ether oxygens (including phenoxy) is 1. The molecule has 1 nitrogen and oxygen atoms in total. The van der Waals surface area contributed by atoms with Crippen LogP contribution in [0.25, 0.3) is 6.08 Å². The summed E-state index contributed by atoms with van der Waals surface area (Å²) in [6.07, 6.45) is -2.92. The number of allylic oxidation sites excluding steroid dienone is 1. The number of hydrogen-bond acceptors (Lipinski definition) is 1. The highest BCUT2D eigenvalue weighted by atomic mass is 28.3. The van der Waals surface area contributed by atoms with Crippen LogP contribution in [0.15, 0.2) is 29.5 Å². The molecule has 1 aromatic rings. The number of hydrogen-bond donors (Lipinski definition) is 0. The van der Waals surface area contributed by atoms with Gasteiger partial charge >= 0.3 is 6.18 Å². The lowest BCUT2D eigenvalue weighted by Crippen LogP contribution is -2.41. The molecule has 0 spiro atoms. The van der Waals surface area contributed by atoms with Gasteiger partial charge in [-0.25, -0.2) is 0 Å². The molecule has 0 aromatic heterocycles. The van der Waals surface area contributed by atoms with E-state index in [4.69, 9.17) is 4.74 Å². The second-order valence-electron chi connectivity index (χ2n) is 5.17. The first kappa shape index (κ1) is 17.8. The van der Waals surface area contributed by atoms with Gasteiger partial charge in [-0.15, -0.1) is 0 Å². The van der Waals surface area contributed by atoms with Crippen LogP contribution in [0.5, 0.6) is 5.75 Å². The zero-order valence-corrected chi connectivity index (χ0v) is 14.1. The zero-order chi connectivity index (χ0) is 16.1. The molecule has 0 aliphatic rings. The van der Waals surface area contributed by atoms with Gasteiger partial charge in [0.2, 0.25) is 0 Å². The average Bonchev–Trinajstić information content (AvgIpc) is 2.48. The summed E-state index contributed by atoms with van der Waals surface area (Å²) in [5.74, 6) is 0.644. The summed E-state index contributed by atoms with van der Waals surface area (Å²) < 4.78 is 45.7. The van der Waals surface area contributed by atoms with Crippen LogP contribution in [0.1, 0.15) is 26.3 Å². The smallest absolute Gasteiger partial charge is 0.409 e. The number of rotatable bonds is 6. The molecule has 5 heteroatoms. The van der Waals surface area contributed by atoms with Crippen molar-refractivity contribution >= 4 is 14.1 Å². The molecule has 118 valence electrons. The normalized spacial score (nSPS) is 13.4. The van der Waals surface area contributed by atoms with E-state index in [1.54, 1.807) is 24.3 Å². The van der Waals surface area contributed by atoms with Crippen LogP contribution < -0.4 is 4.74 Å². The molecular formula is C16H23F3OSi. The van der Waals surface area contributed by atoms with Crippen molar-refractivity contribution in [2.45, 2.75) is 45.1 Å². The molecule has 0 saturated heterocycles. The molecule has 1 aromatic carbocycles. The molecule has 0 N–H and O–H groups in total. The Balaban J connectivity index is 3.33. The maximum absolute atomic E-state index is 13.5. The van der Waals surface area contributed by atoms with Gasteiger partial charge < -0.3 is 4.74 Å². The predicted octanol–water partition coefficient (Wildman–Crippen LogP) is 5.69. The average molecular weight is 316 g/mol. The van der Waals surface area contributed by atoms with E-state index in [0.717, 1.165) is 0 Å². The van der Waals surface area contributed by atoms with E-state index in [0.29, 0.717) is 29.4 Å². The molecule has 0 radical (unpaired) electrons. The Labute approximate surface area is 125 Å². The van der Waals surface area contributed by atoms with Crippen molar-refractivity contribution in [1.82, 2.24) is 0 Å². The van der Waals surface area contributed by atoms with Crippen LogP contribution in [0.2, 0.25) is 18.1 Å². The van der Waals surface area contributed by atoms with Gasteiger partial charge in [0.05, 0.1) is 15.2 Å². The third-order valence-corrected chi connectivity index (χ3v) is 9.97. The molecule has 0 unspecified atom stereocenters. The summed E-state index contributed by atoms with van der Waals surface area (Å²) in [6.45, 7) is 5.65. The molecule has 0 amide bonds. The van der Waals surface area contributed by atoms with Crippen molar-refractivity contribution < 1.29 is 17.9 Å². The largest absolute Gasteiger partial charge is 0.497 e. The van der Waals surface area contributed by atoms with E-state index >= 15 is 0 Å². The number of methoxy groups -OCH3 is 1. The molecule has 1 rings (SSSR count). The van der Waals surface area contributed by atoms with E-state index in [2.05, 4.69) is 0 Å². The number of benzene rings is 1. The molecule has 0 saturated carbocycles. The van der Waals surface area contributed by atoms with Crippen LogP contribution in [-0.4, -0.2) is 21.4 Å². The second kappa shape index (κ2) is 7.16. The minimum Gasteiger partial charge on any atom is -0.497 e. The van der Waals surface area contributed by atoms with Crippen molar-refractivity contribution in [3.63, 3.8) is 0 Å². The van der Waals surface area contributed by atoms with Crippen LogP contribution in [0.4, 0.5) is 13.2 Å². The molecule has 21 heavy (non-hydrogen) atoms. The molecular weight excluding hydrogens is 293 g/mol. The lowest BCUT2D eigenvalue weighted by Gasteiger charge is -2.32. The van der Waals surface area contributed by atoms with Gasteiger partial charge in [0.1, 0.15) is 5.75 Å². The first-order chi connectivity index (χ1) is 9.82. The molecule has 0 aliphatic carbocycles. The second-order valence-corrected chi connectivity index (χ2v) is 10.4. The Kier molecular flexibility index (Phi) is 6.07.